The highest BCUT2D eigenvalue weighted by Gasteiger charge is 2.25. The van der Waals surface area contributed by atoms with Crippen molar-refractivity contribution in [3.05, 3.63) is 18.2 Å². The van der Waals surface area contributed by atoms with Crippen molar-refractivity contribution in [3.63, 3.8) is 0 Å². The molecular weight excluding hydrogens is 330 g/mol. The van der Waals surface area contributed by atoms with Crippen molar-refractivity contribution in [2.45, 2.75) is 25.7 Å². The van der Waals surface area contributed by atoms with Crippen LogP contribution in [-0.4, -0.2) is 38.6 Å². The van der Waals surface area contributed by atoms with Crippen molar-refractivity contribution in [1.82, 2.24) is 5.32 Å². The lowest BCUT2D eigenvalue weighted by Crippen LogP contribution is -2.35. The lowest BCUT2D eigenvalue weighted by Gasteiger charge is -2.28. The third kappa shape index (κ3) is 3.99. The van der Waals surface area contributed by atoms with Gasteiger partial charge in [-0.15, -0.1) is 12.4 Å². The fourth-order valence-electron chi connectivity index (χ4n) is 3.16. The standard InChI is InChI=1S/C17H23N3O3.ClH/c1-23-15-6-5-13(19-17(22)12-7-8-18-11-12)10-14(15)20-9-3-2-4-16(20)21;/h5-6,10,12,18H,2-4,7-9,11H2,1H3,(H,19,22);1H. The maximum atomic E-state index is 12.3. The second-order valence-corrected chi connectivity index (χ2v) is 6.07. The van der Waals surface area contributed by atoms with Crippen molar-refractivity contribution in [2.75, 3.05) is 37.0 Å². The van der Waals surface area contributed by atoms with Gasteiger partial charge in [-0.2, -0.15) is 0 Å². The normalized spacial score (nSPS) is 20.5. The highest BCUT2D eigenvalue weighted by Crippen LogP contribution is 2.33. The van der Waals surface area contributed by atoms with E-state index in [0.717, 1.165) is 38.0 Å². The minimum absolute atomic E-state index is 0. The smallest absolute Gasteiger partial charge is 0.228 e. The molecule has 0 spiro atoms. The summed E-state index contributed by atoms with van der Waals surface area (Å²) in [6, 6.07) is 5.46. The largest absolute Gasteiger partial charge is 0.495 e. The Hall–Kier alpha value is -1.79. The van der Waals surface area contributed by atoms with Gasteiger partial charge in [0.1, 0.15) is 5.75 Å². The summed E-state index contributed by atoms with van der Waals surface area (Å²) in [7, 11) is 1.59. The highest BCUT2D eigenvalue weighted by molar-refractivity contribution is 5.98. The fraction of sp³-hybridized carbons (Fsp3) is 0.529. The van der Waals surface area contributed by atoms with Crippen LogP contribution in [0.5, 0.6) is 5.75 Å². The lowest BCUT2D eigenvalue weighted by molar-refractivity contribution is -0.120. The van der Waals surface area contributed by atoms with Gasteiger partial charge in [-0.25, -0.2) is 0 Å². The van der Waals surface area contributed by atoms with Gasteiger partial charge in [-0.05, 0) is 44.0 Å². The van der Waals surface area contributed by atoms with Gasteiger partial charge in [-0.1, -0.05) is 0 Å². The zero-order chi connectivity index (χ0) is 16.2. The third-order valence-corrected chi connectivity index (χ3v) is 4.49. The maximum Gasteiger partial charge on any atom is 0.228 e. The molecule has 0 radical (unpaired) electrons. The molecule has 2 fully saturated rings. The van der Waals surface area contributed by atoms with Crippen molar-refractivity contribution in [1.29, 1.82) is 0 Å². The first-order valence-corrected chi connectivity index (χ1v) is 8.19. The predicted octanol–water partition coefficient (Wildman–Crippen LogP) is 2.18. The topological polar surface area (TPSA) is 70.7 Å². The SMILES string of the molecule is COc1ccc(NC(=O)C2CCNC2)cc1N1CCCCC1=O.Cl. The van der Waals surface area contributed by atoms with Crippen LogP contribution in [0.2, 0.25) is 0 Å². The van der Waals surface area contributed by atoms with Crippen LogP contribution in [0.4, 0.5) is 11.4 Å². The number of benzene rings is 1. The molecule has 3 rings (SSSR count). The van der Waals surface area contributed by atoms with Gasteiger partial charge >= 0.3 is 0 Å². The van der Waals surface area contributed by atoms with Gasteiger partial charge in [0.15, 0.2) is 0 Å². The van der Waals surface area contributed by atoms with E-state index < -0.39 is 0 Å². The number of anilines is 2. The summed E-state index contributed by atoms with van der Waals surface area (Å²) < 4.78 is 5.39. The van der Waals surface area contributed by atoms with Gasteiger partial charge in [0.2, 0.25) is 11.8 Å². The van der Waals surface area contributed by atoms with Gasteiger partial charge in [0.05, 0.1) is 18.7 Å². The number of ether oxygens (including phenoxy) is 1. The summed E-state index contributed by atoms with van der Waals surface area (Å²) in [5.41, 5.74) is 1.44. The average Bonchev–Trinajstić information content (AvgIpc) is 3.10. The Bertz CT molecular complexity index is 603. The van der Waals surface area contributed by atoms with E-state index in [1.165, 1.54) is 0 Å². The van der Waals surface area contributed by atoms with Crippen LogP contribution >= 0.6 is 12.4 Å². The van der Waals surface area contributed by atoms with Gasteiger partial charge < -0.3 is 20.3 Å². The minimum atomic E-state index is 0. The Morgan fingerprint density at radius 3 is 2.88 bits per heavy atom. The van der Waals surface area contributed by atoms with Crippen LogP contribution in [0.15, 0.2) is 18.2 Å². The summed E-state index contributed by atoms with van der Waals surface area (Å²) in [6.45, 7) is 2.30. The summed E-state index contributed by atoms with van der Waals surface area (Å²) in [5, 5.41) is 6.15. The van der Waals surface area contributed by atoms with Gasteiger partial charge in [-0.3, -0.25) is 9.59 Å². The van der Waals surface area contributed by atoms with Gasteiger partial charge in [0, 0.05) is 25.2 Å². The van der Waals surface area contributed by atoms with Crippen LogP contribution in [0.1, 0.15) is 25.7 Å². The maximum absolute atomic E-state index is 12.3. The van der Waals surface area contributed by atoms with Gasteiger partial charge in [0.25, 0.3) is 0 Å². The number of nitrogens with one attached hydrogen (secondary N) is 2. The van der Waals surface area contributed by atoms with Crippen molar-refractivity contribution in [3.8, 4) is 5.75 Å². The number of rotatable bonds is 4. The second-order valence-electron chi connectivity index (χ2n) is 6.07. The predicted molar refractivity (Wildman–Crippen MR) is 96.1 cm³/mol. The molecule has 2 saturated heterocycles. The van der Waals surface area contributed by atoms with E-state index in [0.29, 0.717) is 24.4 Å². The molecule has 1 unspecified atom stereocenters. The van der Waals surface area contributed by atoms with Crippen LogP contribution in [0.25, 0.3) is 0 Å². The molecule has 6 nitrogen and oxygen atoms in total. The van der Waals surface area contributed by atoms with E-state index in [-0.39, 0.29) is 30.1 Å². The van der Waals surface area contributed by atoms with E-state index in [9.17, 15) is 9.59 Å². The molecule has 0 bridgehead atoms. The zero-order valence-electron chi connectivity index (χ0n) is 13.8. The molecule has 0 saturated carbocycles. The zero-order valence-corrected chi connectivity index (χ0v) is 14.7. The molecule has 2 N–H and O–H groups in total. The number of amides is 2. The number of hydrogen-bond acceptors (Lipinski definition) is 4. The molecule has 2 amide bonds. The fourth-order valence-corrected chi connectivity index (χ4v) is 3.16. The van der Waals surface area contributed by atoms with E-state index in [2.05, 4.69) is 10.6 Å². The number of methoxy groups -OCH3 is 1. The van der Waals surface area contributed by atoms with Crippen LogP contribution in [0.3, 0.4) is 0 Å². The molecule has 0 aliphatic carbocycles. The highest BCUT2D eigenvalue weighted by atomic mass is 35.5. The number of halogens is 1. The molecule has 24 heavy (non-hydrogen) atoms. The molecule has 7 heteroatoms. The number of carbonyl (C=O) groups is 2. The molecule has 0 aromatic heterocycles. The van der Waals surface area contributed by atoms with E-state index >= 15 is 0 Å². The first-order chi connectivity index (χ1) is 11.2. The number of nitrogens with zero attached hydrogens (tertiary/aromatic N) is 1. The second kappa shape index (κ2) is 8.35. The molecule has 132 valence electrons. The number of piperidine rings is 1. The summed E-state index contributed by atoms with van der Waals surface area (Å²) in [6.07, 6.45) is 3.34. The first kappa shape index (κ1) is 18.5. The molecule has 1 aromatic rings. The van der Waals surface area contributed by atoms with Crippen molar-refractivity contribution >= 4 is 35.6 Å². The van der Waals surface area contributed by atoms with E-state index in [1.54, 1.807) is 18.1 Å². The first-order valence-electron chi connectivity index (χ1n) is 8.19. The minimum Gasteiger partial charge on any atom is -0.495 e. The number of hydrogen-bond donors (Lipinski definition) is 2. The average molecular weight is 354 g/mol. The number of carbonyl (C=O) groups excluding carboxylic acids is 2. The van der Waals surface area contributed by atoms with Crippen LogP contribution in [0, 0.1) is 5.92 Å². The van der Waals surface area contributed by atoms with Crippen molar-refractivity contribution < 1.29 is 14.3 Å². The Kier molecular flexibility index (Phi) is 6.45. The molecule has 2 heterocycles. The quantitative estimate of drug-likeness (QED) is 0.870. The van der Waals surface area contributed by atoms with E-state index in [4.69, 9.17) is 4.74 Å². The molecule has 2 aliphatic heterocycles. The molecule has 1 aromatic carbocycles. The van der Waals surface area contributed by atoms with Crippen molar-refractivity contribution in [2.24, 2.45) is 5.92 Å². The van der Waals surface area contributed by atoms with E-state index in [1.807, 2.05) is 12.1 Å². The summed E-state index contributed by atoms with van der Waals surface area (Å²) in [5.74, 6) is 0.798. The third-order valence-electron chi connectivity index (χ3n) is 4.49. The molecular formula is C17H24ClN3O3. The Morgan fingerprint density at radius 1 is 1.38 bits per heavy atom. The molecule has 1 atom stereocenters. The Labute approximate surface area is 148 Å². The lowest BCUT2D eigenvalue weighted by atomic mass is 10.1. The summed E-state index contributed by atoms with van der Waals surface area (Å²) in [4.78, 5) is 26.2. The Morgan fingerprint density at radius 2 is 2.21 bits per heavy atom. The molecule has 2 aliphatic rings. The van der Waals surface area contributed by atoms with Crippen LogP contribution < -0.4 is 20.3 Å². The monoisotopic (exact) mass is 353 g/mol. The summed E-state index contributed by atoms with van der Waals surface area (Å²) >= 11 is 0. The Balaban J connectivity index is 0.00000208. The van der Waals surface area contributed by atoms with Crippen LogP contribution in [-0.2, 0) is 9.59 Å².